The highest BCUT2D eigenvalue weighted by atomic mass is 16.5. The first-order chi connectivity index (χ1) is 12.4. The van der Waals surface area contributed by atoms with E-state index in [1.54, 1.807) is 24.3 Å². The third kappa shape index (κ3) is 3.19. The van der Waals surface area contributed by atoms with Gasteiger partial charge in [-0.25, -0.2) is 4.79 Å². The summed E-state index contributed by atoms with van der Waals surface area (Å²) in [6, 6.07) is 11.1. The molecule has 0 fully saturated rings. The quantitative estimate of drug-likeness (QED) is 0.500. The Labute approximate surface area is 148 Å². The van der Waals surface area contributed by atoms with Gasteiger partial charge in [-0.1, -0.05) is 24.3 Å². The lowest BCUT2D eigenvalue weighted by atomic mass is 10.0. The number of aliphatic carboxylic acids is 1. The lowest BCUT2D eigenvalue weighted by molar-refractivity contribution is -0.141. The summed E-state index contributed by atoms with van der Waals surface area (Å²) in [5.41, 5.74) is 0.993. The van der Waals surface area contributed by atoms with E-state index in [1.165, 1.54) is 31.2 Å². The van der Waals surface area contributed by atoms with Gasteiger partial charge in [0.25, 0.3) is 11.8 Å². The van der Waals surface area contributed by atoms with Crippen molar-refractivity contribution in [2.45, 2.75) is 19.4 Å². The number of imide groups is 1. The predicted octanol–water partition coefficient (Wildman–Crippen LogP) is 1.90. The molecule has 2 aromatic carbocycles. The Morgan fingerprint density at radius 1 is 1.00 bits per heavy atom. The summed E-state index contributed by atoms with van der Waals surface area (Å²) in [7, 11) is 0. The average molecular weight is 353 g/mol. The fourth-order valence-corrected chi connectivity index (χ4v) is 2.86. The summed E-state index contributed by atoms with van der Waals surface area (Å²) in [6.45, 7) is 1.27. The first kappa shape index (κ1) is 17.3. The minimum absolute atomic E-state index is 0.0544. The Morgan fingerprint density at radius 2 is 1.54 bits per heavy atom. The van der Waals surface area contributed by atoms with Crippen LogP contribution in [0.1, 0.15) is 33.2 Å². The maximum atomic E-state index is 12.5. The summed E-state index contributed by atoms with van der Waals surface area (Å²) in [5.74, 6) is -2.64. The highest BCUT2D eigenvalue weighted by molar-refractivity contribution is 6.22. The largest absolute Gasteiger partial charge is 0.480 e. The zero-order valence-electron chi connectivity index (χ0n) is 13.8. The molecule has 7 heteroatoms. The van der Waals surface area contributed by atoms with E-state index in [-0.39, 0.29) is 17.5 Å². The first-order valence-electron chi connectivity index (χ1n) is 7.85. The van der Waals surface area contributed by atoms with Crippen LogP contribution in [0.4, 0.5) is 0 Å². The van der Waals surface area contributed by atoms with Crippen molar-refractivity contribution < 1.29 is 29.0 Å². The zero-order valence-corrected chi connectivity index (χ0v) is 13.8. The lowest BCUT2D eigenvalue weighted by Crippen LogP contribution is -2.46. The molecule has 1 aliphatic rings. The fraction of sp³-hybridized carbons (Fsp3) is 0.158. The third-order valence-corrected chi connectivity index (χ3v) is 4.04. The van der Waals surface area contributed by atoms with E-state index in [2.05, 4.69) is 0 Å². The number of carbonyl (C=O) groups is 4. The van der Waals surface area contributed by atoms with Crippen LogP contribution >= 0.6 is 0 Å². The van der Waals surface area contributed by atoms with E-state index >= 15 is 0 Å². The summed E-state index contributed by atoms with van der Waals surface area (Å²) in [5, 5.41) is 9.57. The smallest absolute Gasteiger partial charge is 0.327 e. The van der Waals surface area contributed by atoms with Gasteiger partial charge in [-0.3, -0.25) is 19.3 Å². The van der Waals surface area contributed by atoms with Crippen molar-refractivity contribution in [3.8, 4) is 5.75 Å². The van der Waals surface area contributed by atoms with Gasteiger partial charge in [0.2, 0.25) is 0 Å². The Hall–Kier alpha value is -3.48. The third-order valence-electron chi connectivity index (χ3n) is 4.04. The molecule has 0 saturated heterocycles. The second-order valence-corrected chi connectivity index (χ2v) is 5.82. The molecule has 0 aromatic heterocycles. The summed E-state index contributed by atoms with van der Waals surface area (Å²) in [4.78, 5) is 48.5. The molecule has 0 spiro atoms. The number of esters is 1. The van der Waals surface area contributed by atoms with Crippen LogP contribution in [0.5, 0.6) is 5.75 Å². The molecular weight excluding hydrogens is 338 g/mol. The Kier molecular flexibility index (Phi) is 4.53. The molecule has 3 rings (SSSR count). The van der Waals surface area contributed by atoms with Crippen LogP contribution in [0.25, 0.3) is 0 Å². The minimum atomic E-state index is -1.33. The molecule has 26 heavy (non-hydrogen) atoms. The molecule has 1 aliphatic heterocycles. The molecule has 1 N–H and O–H groups in total. The predicted molar refractivity (Wildman–Crippen MR) is 89.8 cm³/mol. The van der Waals surface area contributed by atoms with Crippen LogP contribution in [-0.4, -0.2) is 39.8 Å². The monoisotopic (exact) mass is 353 g/mol. The Bertz CT molecular complexity index is 868. The molecule has 2 amide bonds. The van der Waals surface area contributed by atoms with E-state index in [0.717, 1.165) is 4.90 Å². The number of carbonyl (C=O) groups excluding carboxylic acids is 3. The standard InChI is InChI=1S/C19H15NO6/c1-11(21)26-13-8-6-12(7-9-13)10-16(19(24)25)20-17(22)14-4-2-3-5-15(14)18(20)23/h2-9,16H,10H2,1H3,(H,24,25)/t16-/m0/s1. The van der Waals surface area contributed by atoms with E-state index in [0.29, 0.717) is 11.3 Å². The molecule has 0 saturated carbocycles. The molecule has 132 valence electrons. The summed E-state index contributed by atoms with van der Waals surface area (Å²) in [6.07, 6.45) is -0.0544. The molecule has 0 aliphatic carbocycles. The minimum Gasteiger partial charge on any atom is -0.480 e. The van der Waals surface area contributed by atoms with Gasteiger partial charge in [-0.05, 0) is 29.8 Å². The number of hydrogen-bond donors (Lipinski definition) is 1. The van der Waals surface area contributed by atoms with Gasteiger partial charge in [0.05, 0.1) is 11.1 Å². The maximum absolute atomic E-state index is 12.5. The van der Waals surface area contributed by atoms with Crippen molar-refractivity contribution in [1.29, 1.82) is 0 Å². The Morgan fingerprint density at radius 3 is 2.00 bits per heavy atom. The second-order valence-electron chi connectivity index (χ2n) is 5.82. The SMILES string of the molecule is CC(=O)Oc1ccc(C[C@@H](C(=O)O)N2C(=O)c3ccccc3C2=O)cc1. The van der Waals surface area contributed by atoms with E-state index < -0.39 is 29.8 Å². The highest BCUT2D eigenvalue weighted by Gasteiger charge is 2.42. The maximum Gasteiger partial charge on any atom is 0.327 e. The number of carboxylic acids is 1. The number of nitrogens with zero attached hydrogens (tertiary/aromatic N) is 1. The summed E-state index contributed by atoms with van der Waals surface area (Å²) < 4.78 is 4.92. The normalized spacial score (nSPS) is 14.1. The number of benzene rings is 2. The van der Waals surface area contributed by atoms with Crippen LogP contribution < -0.4 is 4.74 Å². The number of carboxylic acid groups (broad SMARTS) is 1. The van der Waals surface area contributed by atoms with Crippen LogP contribution in [0, 0.1) is 0 Å². The Balaban J connectivity index is 1.85. The van der Waals surface area contributed by atoms with Gasteiger partial charge in [0, 0.05) is 13.3 Å². The first-order valence-corrected chi connectivity index (χ1v) is 7.85. The van der Waals surface area contributed by atoms with Crippen LogP contribution in [-0.2, 0) is 16.0 Å². The molecule has 0 unspecified atom stereocenters. The average Bonchev–Trinajstić information content (AvgIpc) is 2.85. The summed E-state index contributed by atoms with van der Waals surface area (Å²) >= 11 is 0. The number of ether oxygens (including phenoxy) is 1. The van der Waals surface area contributed by atoms with Gasteiger partial charge in [0.1, 0.15) is 11.8 Å². The lowest BCUT2D eigenvalue weighted by Gasteiger charge is -2.22. The van der Waals surface area contributed by atoms with Gasteiger partial charge in [-0.2, -0.15) is 0 Å². The van der Waals surface area contributed by atoms with Crippen molar-refractivity contribution in [1.82, 2.24) is 4.90 Å². The van der Waals surface area contributed by atoms with Crippen LogP contribution in [0.15, 0.2) is 48.5 Å². The van der Waals surface area contributed by atoms with E-state index in [1.807, 2.05) is 0 Å². The topological polar surface area (TPSA) is 101 Å². The molecule has 1 heterocycles. The molecular formula is C19H15NO6. The van der Waals surface area contributed by atoms with Crippen molar-refractivity contribution in [3.05, 3.63) is 65.2 Å². The van der Waals surface area contributed by atoms with Crippen LogP contribution in [0.2, 0.25) is 0 Å². The molecule has 0 bridgehead atoms. The second kappa shape index (κ2) is 6.79. The fourth-order valence-electron chi connectivity index (χ4n) is 2.86. The molecule has 2 aromatic rings. The van der Waals surface area contributed by atoms with Crippen molar-refractivity contribution in [2.75, 3.05) is 0 Å². The highest BCUT2D eigenvalue weighted by Crippen LogP contribution is 2.26. The zero-order chi connectivity index (χ0) is 18.8. The van der Waals surface area contributed by atoms with Gasteiger partial charge in [-0.15, -0.1) is 0 Å². The molecule has 7 nitrogen and oxygen atoms in total. The molecule has 0 radical (unpaired) electrons. The van der Waals surface area contributed by atoms with E-state index in [4.69, 9.17) is 4.74 Å². The van der Waals surface area contributed by atoms with E-state index in [9.17, 15) is 24.3 Å². The van der Waals surface area contributed by atoms with Crippen molar-refractivity contribution in [3.63, 3.8) is 0 Å². The van der Waals surface area contributed by atoms with Gasteiger partial charge < -0.3 is 9.84 Å². The van der Waals surface area contributed by atoms with Crippen molar-refractivity contribution in [2.24, 2.45) is 0 Å². The van der Waals surface area contributed by atoms with Crippen molar-refractivity contribution >= 4 is 23.8 Å². The van der Waals surface area contributed by atoms with Gasteiger partial charge in [0.15, 0.2) is 0 Å². The number of fused-ring (bicyclic) bond motifs is 1. The van der Waals surface area contributed by atoms with Gasteiger partial charge >= 0.3 is 11.9 Å². The number of hydrogen-bond acceptors (Lipinski definition) is 5. The number of rotatable bonds is 5. The molecule has 1 atom stereocenters. The van der Waals surface area contributed by atoms with Crippen LogP contribution in [0.3, 0.4) is 0 Å². The number of amides is 2.